The normalized spacial score (nSPS) is 13.6. The van der Waals surface area contributed by atoms with E-state index in [-0.39, 0.29) is 6.61 Å². The van der Waals surface area contributed by atoms with Gasteiger partial charge in [0.05, 0.1) is 18.9 Å². The molecule has 16 heavy (non-hydrogen) atoms. The fourth-order valence-corrected chi connectivity index (χ4v) is 1.92. The maximum absolute atomic E-state index is 8.95. The molecule has 0 radical (unpaired) electrons. The van der Waals surface area contributed by atoms with Gasteiger partial charge in [0.2, 0.25) is 0 Å². The molecule has 2 heterocycles. The van der Waals surface area contributed by atoms with E-state index in [4.69, 9.17) is 9.84 Å². The van der Waals surface area contributed by atoms with Crippen molar-refractivity contribution in [2.24, 2.45) is 0 Å². The minimum atomic E-state index is -0.0372. The van der Waals surface area contributed by atoms with Crippen molar-refractivity contribution in [1.82, 2.24) is 9.97 Å². The molecule has 0 aliphatic carbocycles. The summed E-state index contributed by atoms with van der Waals surface area (Å²) in [7, 11) is 0. The summed E-state index contributed by atoms with van der Waals surface area (Å²) < 4.78 is 5.45. The Morgan fingerprint density at radius 3 is 3.19 bits per heavy atom. The number of aromatic nitrogens is 2. The molecule has 82 valence electrons. The second-order valence-electron chi connectivity index (χ2n) is 3.82. The highest BCUT2D eigenvalue weighted by Gasteiger charge is 2.13. The molecule has 0 spiro atoms. The lowest BCUT2D eigenvalue weighted by atomic mass is 10.1. The third-order valence-electron chi connectivity index (χ3n) is 2.76. The van der Waals surface area contributed by atoms with Crippen LogP contribution in [0.25, 0.3) is 11.4 Å². The molecule has 0 unspecified atom stereocenters. The monoisotopic (exact) mass is 216 g/mol. The Bertz CT molecular complexity index is 519. The van der Waals surface area contributed by atoms with Crippen molar-refractivity contribution in [3.63, 3.8) is 0 Å². The van der Waals surface area contributed by atoms with Crippen LogP contribution in [-0.4, -0.2) is 21.7 Å². The van der Waals surface area contributed by atoms with Gasteiger partial charge in [-0.25, -0.2) is 4.98 Å². The molecule has 1 aromatic carbocycles. The van der Waals surface area contributed by atoms with Crippen LogP contribution in [0.5, 0.6) is 5.75 Å². The van der Waals surface area contributed by atoms with Crippen LogP contribution in [0.4, 0.5) is 0 Å². The van der Waals surface area contributed by atoms with Crippen molar-refractivity contribution in [2.45, 2.75) is 13.0 Å². The van der Waals surface area contributed by atoms with Gasteiger partial charge in [0.25, 0.3) is 0 Å². The van der Waals surface area contributed by atoms with Crippen LogP contribution in [0, 0.1) is 0 Å². The van der Waals surface area contributed by atoms with Crippen molar-refractivity contribution in [3.8, 4) is 17.1 Å². The lowest BCUT2D eigenvalue weighted by Gasteiger charge is -2.01. The summed E-state index contributed by atoms with van der Waals surface area (Å²) in [6.07, 6.45) is 2.68. The predicted molar refractivity (Wildman–Crippen MR) is 59.1 cm³/mol. The van der Waals surface area contributed by atoms with Crippen LogP contribution in [0.1, 0.15) is 11.3 Å². The molecular formula is C12H12N2O2. The zero-order valence-corrected chi connectivity index (χ0v) is 8.73. The van der Waals surface area contributed by atoms with Gasteiger partial charge in [0.15, 0.2) is 0 Å². The van der Waals surface area contributed by atoms with E-state index in [1.165, 1.54) is 5.56 Å². The lowest BCUT2D eigenvalue weighted by Crippen LogP contribution is -1.85. The number of benzene rings is 1. The summed E-state index contributed by atoms with van der Waals surface area (Å²) in [6.45, 7) is 0.726. The molecule has 0 fully saturated rings. The van der Waals surface area contributed by atoms with E-state index in [2.05, 4.69) is 16.0 Å². The predicted octanol–water partition coefficient (Wildman–Crippen LogP) is 1.50. The fourth-order valence-electron chi connectivity index (χ4n) is 1.92. The van der Waals surface area contributed by atoms with Gasteiger partial charge in [-0.1, -0.05) is 0 Å². The molecule has 0 saturated heterocycles. The lowest BCUT2D eigenvalue weighted by molar-refractivity contribution is 0.277. The highest BCUT2D eigenvalue weighted by molar-refractivity contribution is 5.59. The van der Waals surface area contributed by atoms with Crippen molar-refractivity contribution in [2.75, 3.05) is 6.61 Å². The number of nitrogens with one attached hydrogen (secondary N) is 1. The summed E-state index contributed by atoms with van der Waals surface area (Å²) >= 11 is 0. The number of imidazole rings is 1. The average Bonchev–Trinajstić information content (AvgIpc) is 2.96. The van der Waals surface area contributed by atoms with Gasteiger partial charge in [0, 0.05) is 18.2 Å². The number of H-pyrrole nitrogens is 1. The Balaban J connectivity index is 2.00. The molecule has 2 aromatic rings. The summed E-state index contributed by atoms with van der Waals surface area (Å²) in [5.41, 5.74) is 2.91. The van der Waals surface area contributed by atoms with Gasteiger partial charge in [-0.05, 0) is 23.8 Å². The SMILES string of the molecule is OCc1c[nH]c(-c2ccc3c(c2)CCO3)n1. The van der Waals surface area contributed by atoms with E-state index in [1.807, 2.05) is 12.1 Å². The molecule has 1 aliphatic heterocycles. The van der Waals surface area contributed by atoms with E-state index in [1.54, 1.807) is 6.20 Å². The minimum Gasteiger partial charge on any atom is -0.493 e. The Labute approximate surface area is 92.9 Å². The van der Waals surface area contributed by atoms with Crippen LogP contribution in [0.3, 0.4) is 0 Å². The molecule has 0 atom stereocenters. The molecule has 1 aliphatic rings. The molecule has 3 rings (SSSR count). The van der Waals surface area contributed by atoms with Crippen LogP contribution < -0.4 is 4.74 Å². The van der Waals surface area contributed by atoms with E-state index in [0.717, 1.165) is 30.2 Å². The highest BCUT2D eigenvalue weighted by Crippen LogP contribution is 2.29. The zero-order valence-electron chi connectivity index (χ0n) is 8.73. The molecule has 4 heteroatoms. The fraction of sp³-hybridized carbons (Fsp3) is 0.250. The quantitative estimate of drug-likeness (QED) is 0.799. The number of hydrogen-bond donors (Lipinski definition) is 2. The smallest absolute Gasteiger partial charge is 0.137 e. The summed E-state index contributed by atoms with van der Waals surface area (Å²) in [4.78, 5) is 7.33. The van der Waals surface area contributed by atoms with Crippen LogP contribution in [-0.2, 0) is 13.0 Å². The van der Waals surface area contributed by atoms with Gasteiger partial charge in [0.1, 0.15) is 11.6 Å². The molecular weight excluding hydrogens is 204 g/mol. The highest BCUT2D eigenvalue weighted by atomic mass is 16.5. The zero-order chi connectivity index (χ0) is 11.0. The first-order valence-electron chi connectivity index (χ1n) is 5.28. The third kappa shape index (κ3) is 1.47. The largest absolute Gasteiger partial charge is 0.493 e. The number of aliphatic hydroxyl groups excluding tert-OH is 1. The van der Waals surface area contributed by atoms with E-state index < -0.39 is 0 Å². The Morgan fingerprint density at radius 1 is 1.44 bits per heavy atom. The number of ether oxygens (including phenoxy) is 1. The topological polar surface area (TPSA) is 58.1 Å². The summed E-state index contributed by atoms with van der Waals surface area (Å²) in [5.74, 6) is 1.76. The molecule has 1 aromatic heterocycles. The first-order chi connectivity index (χ1) is 7.86. The molecule has 0 amide bonds. The Morgan fingerprint density at radius 2 is 2.38 bits per heavy atom. The van der Waals surface area contributed by atoms with Crippen molar-refractivity contribution in [1.29, 1.82) is 0 Å². The number of rotatable bonds is 2. The van der Waals surface area contributed by atoms with Crippen LogP contribution in [0.15, 0.2) is 24.4 Å². The van der Waals surface area contributed by atoms with Crippen molar-refractivity contribution < 1.29 is 9.84 Å². The Kier molecular flexibility index (Phi) is 2.15. The molecule has 4 nitrogen and oxygen atoms in total. The van der Waals surface area contributed by atoms with Gasteiger partial charge in [-0.3, -0.25) is 0 Å². The van der Waals surface area contributed by atoms with Crippen molar-refractivity contribution >= 4 is 0 Å². The Hall–Kier alpha value is -1.81. The number of hydrogen-bond acceptors (Lipinski definition) is 3. The van der Waals surface area contributed by atoms with Gasteiger partial charge in [-0.15, -0.1) is 0 Å². The van der Waals surface area contributed by atoms with Crippen molar-refractivity contribution in [3.05, 3.63) is 35.7 Å². The van der Waals surface area contributed by atoms with Gasteiger partial charge in [-0.2, -0.15) is 0 Å². The van der Waals surface area contributed by atoms with Gasteiger partial charge >= 0.3 is 0 Å². The number of aromatic amines is 1. The van der Waals surface area contributed by atoms with E-state index >= 15 is 0 Å². The maximum Gasteiger partial charge on any atom is 0.137 e. The van der Waals surface area contributed by atoms with Crippen LogP contribution in [0.2, 0.25) is 0 Å². The minimum absolute atomic E-state index is 0.0372. The molecule has 0 saturated carbocycles. The average molecular weight is 216 g/mol. The van der Waals surface area contributed by atoms with E-state index in [0.29, 0.717) is 5.69 Å². The molecule has 2 N–H and O–H groups in total. The second kappa shape index (κ2) is 3.64. The summed E-state index contributed by atoms with van der Waals surface area (Å²) in [5, 5.41) is 8.95. The maximum atomic E-state index is 8.95. The number of fused-ring (bicyclic) bond motifs is 1. The first kappa shape index (κ1) is 9.42. The van der Waals surface area contributed by atoms with Crippen LogP contribution >= 0.6 is 0 Å². The third-order valence-corrected chi connectivity index (χ3v) is 2.76. The standard InChI is InChI=1S/C12H12N2O2/c15-7-10-6-13-12(14-10)9-1-2-11-8(5-9)3-4-16-11/h1-2,5-6,15H,3-4,7H2,(H,13,14). The van der Waals surface area contributed by atoms with E-state index in [9.17, 15) is 0 Å². The first-order valence-corrected chi connectivity index (χ1v) is 5.28. The second-order valence-corrected chi connectivity index (χ2v) is 3.82. The van der Waals surface area contributed by atoms with Gasteiger partial charge < -0.3 is 14.8 Å². The number of aliphatic hydroxyl groups is 1. The molecule has 0 bridgehead atoms. The summed E-state index contributed by atoms with van der Waals surface area (Å²) in [6, 6.07) is 6.03. The number of nitrogens with zero attached hydrogens (tertiary/aromatic N) is 1.